The summed E-state index contributed by atoms with van der Waals surface area (Å²) in [6.07, 6.45) is 7.76. The summed E-state index contributed by atoms with van der Waals surface area (Å²) in [5, 5.41) is 25.1. The number of imidazole rings is 1. The molecule has 0 unspecified atom stereocenters. The number of allylic oxidation sites excluding steroid dienone is 1. The Kier molecular flexibility index (Phi) is 18.9. The fourth-order valence-electron chi connectivity index (χ4n) is 5.04. The van der Waals surface area contributed by atoms with Crippen molar-refractivity contribution in [3.05, 3.63) is 101 Å². The second-order valence-electron chi connectivity index (χ2n) is 12.0. The molecule has 0 saturated heterocycles. The van der Waals surface area contributed by atoms with E-state index in [4.69, 9.17) is 9.47 Å². The molecule has 54 heavy (non-hydrogen) atoms. The highest BCUT2D eigenvalue weighted by Gasteiger charge is 2.17. The van der Waals surface area contributed by atoms with Gasteiger partial charge in [-0.25, -0.2) is 4.98 Å². The number of carbonyl (C=O) groups excluding carboxylic acids is 4. The van der Waals surface area contributed by atoms with Gasteiger partial charge in [-0.05, 0) is 78.3 Å². The molecule has 18 heteroatoms. The maximum atomic E-state index is 13.5. The number of hydrogen-bond donors (Lipinski definition) is 1. The van der Waals surface area contributed by atoms with Crippen LogP contribution in [-0.4, -0.2) is 76.3 Å². The lowest BCUT2D eigenvalue weighted by Crippen LogP contribution is -2.30. The molecule has 3 aromatic rings. The largest absolute Gasteiger partial charge is 0.466 e. The van der Waals surface area contributed by atoms with Crippen LogP contribution in [0, 0.1) is 20.2 Å². The van der Waals surface area contributed by atoms with Crippen molar-refractivity contribution in [3.8, 4) is 0 Å². The summed E-state index contributed by atoms with van der Waals surface area (Å²) in [4.78, 5) is 84.1. The first-order valence-electron chi connectivity index (χ1n) is 17.6. The topological polar surface area (TPSA) is 221 Å². The summed E-state index contributed by atoms with van der Waals surface area (Å²) < 4.78 is 12.3. The molecule has 0 saturated carbocycles. The van der Waals surface area contributed by atoms with E-state index in [1.165, 1.54) is 11.3 Å². The Hall–Kier alpha value is -5.65. The standard InChI is InChI=1S/C36H45N5O12S/c1-2-3-8-33-37-23-31(22-30(21-28-15-20-54-26-28)32(42)13-14-34(43)50-16-4-6-18-52-40(46)47)39(33)25-27-9-11-29(12-10-27)36(45)38-24-35(44)51-17-5-7-19-53-41(48)49/h9-12,15,20,22-23,26H,2-8,13-14,16-19,21,24-25H2,1H3,(H,38,45)/b30-22+. The van der Waals surface area contributed by atoms with E-state index in [0.717, 1.165) is 29.8 Å². The highest BCUT2D eigenvalue weighted by molar-refractivity contribution is 7.07. The number of thiophene rings is 1. The zero-order valence-electron chi connectivity index (χ0n) is 30.1. The number of nitrogens with one attached hydrogen (secondary N) is 1. The number of aryl methyl sites for hydroxylation is 1. The van der Waals surface area contributed by atoms with Gasteiger partial charge in [-0.1, -0.05) is 25.5 Å². The zero-order chi connectivity index (χ0) is 39.1. The van der Waals surface area contributed by atoms with Crippen LogP contribution in [0.1, 0.15) is 91.3 Å². The van der Waals surface area contributed by atoms with E-state index in [2.05, 4.69) is 26.9 Å². The molecule has 2 heterocycles. The molecule has 0 aliphatic carbocycles. The Balaban J connectivity index is 1.65. The van der Waals surface area contributed by atoms with Crippen LogP contribution >= 0.6 is 11.3 Å². The number of Topliss-reactive ketones (excluding diaryl/α,β-unsaturated/α-hetero) is 1. The fraction of sp³-hybridized carbons (Fsp3) is 0.472. The number of ketones is 1. The smallest absolute Gasteiger partial charge is 0.325 e. The van der Waals surface area contributed by atoms with Crippen LogP contribution in [0.5, 0.6) is 0 Å². The Morgan fingerprint density at radius 2 is 1.50 bits per heavy atom. The Morgan fingerprint density at radius 1 is 0.852 bits per heavy atom. The van der Waals surface area contributed by atoms with E-state index in [1.54, 1.807) is 30.5 Å². The summed E-state index contributed by atoms with van der Waals surface area (Å²) in [7, 11) is 0. The van der Waals surface area contributed by atoms with Gasteiger partial charge in [0.2, 0.25) is 0 Å². The second-order valence-corrected chi connectivity index (χ2v) is 12.8. The van der Waals surface area contributed by atoms with Crippen LogP contribution < -0.4 is 5.32 Å². The number of carbonyl (C=O) groups is 4. The average molecular weight is 772 g/mol. The third-order valence-electron chi connectivity index (χ3n) is 7.88. The van der Waals surface area contributed by atoms with Crippen molar-refractivity contribution >= 4 is 41.0 Å². The molecule has 0 fully saturated rings. The molecule has 0 aliphatic rings. The van der Waals surface area contributed by atoms with Crippen LogP contribution in [0.3, 0.4) is 0 Å². The summed E-state index contributed by atoms with van der Waals surface area (Å²) >= 11 is 1.52. The molecule has 0 aliphatic heterocycles. The minimum Gasteiger partial charge on any atom is -0.466 e. The SMILES string of the molecule is CCCCc1ncc(/C=C(\Cc2ccsc2)C(=O)CCC(=O)OCCCCO[N+](=O)[O-])n1Cc1ccc(C(=O)NCC(=O)OCCCCO[N+](=O)[O-])cc1. The summed E-state index contributed by atoms with van der Waals surface area (Å²) in [5.74, 6) is -1.00. The molecule has 292 valence electrons. The number of ether oxygens (including phenoxy) is 2. The molecule has 0 bridgehead atoms. The maximum absolute atomic E-state index is 13.5. The van der Waals surface area contributed by atoms with Gasteiger partial charge in [-0.15, -0.1) is 20.2 Å². The van der Waals surface area contributed by atoms with Crippen LogP contribution in [-0.2, 0) is 52.9 Å². The van der Waals surface area contributed by atoms with E-state index in [0.29, 0.717) is 61.9 Å². The molecule has 2 aromatic heterocycles. The number of unbranched alkanes of at least 4 members (excludes halogenated alkanes) is 3. The fourth-order valence-corrected chi connectivity index (χ4v) is 5.71. The lowest BCUT2D eigenvalue weighted by atomic mass is 9.99. The van der Waals surface area contributed by atoms with E-state index in [-0.39, 0.29) is 51.6 Å². The number of amides is 1. The minimum atomic E-state index is -0.887. The molecule has 1 amide bonds. The molecule has 1 aromatic carbocycles. The first-order valence-corrected chi connectivity index (χ1v) is 18.5. The van der Waals surface area contributed by atoms with Crippen molar-refractivity contribution in [1.82, 2.24) is 14.9 Å². The van der Waals surface area contributed by atoms with E-state index < -0.39 is 28.0 Å². The van der Waals surface area contributed by atoms with Gasteiger partial charge in [-0.3, -0.25) is 19.2 Å². The molecule has 0 spiro atoms. The monoisotopic (exact) mass is 771 g/mol. The quantitative estimate of drug-likeness (QED) is 0.0351. The Morgan fingerprint density at radius 3 is 2.11 bits per heavy atom. The molecular formula is C36H45N5O12S. The van der Waals surface area contributed by atoms with Gasteiger partial charge in [0, 0.05) is 36.9 Å². The van der Waals surface area contributed by atoms with E-state index in [1.807, 2.05) is 27.5 Å². The van der Waals surface area contributed by atoms with E-state index >= 15 is 0 Å². The number of hydrogen-bond acceptors (Lipinski definition) is 14. The first-order chi connectivity index (χ1) is 26.0. The van der Waals surface area contributed by atoms with Crippen LogP contribution in [0.15, 0.2) is 52.9 Å². The normalized spacial score (nSPS) is 11.1. The Bertz CT molecular complexity index is 1710. The molecule has 17 nitrogen and oxygen atoms in total. The summed E-state index contributed by atoms with van der Waals surface area (Å²) in [5.41, 5.74) is 3.39. The molecule has 1 N–H and O–H groups in total. The third kappa shape index (κ3) is 16.4. The molecular weight excluding hydrogens is 726 g/mol. The number of benzene rings is 1. The van der Waals surface area contributed by atoms with Crippen LogP contribution in [0.25, 0.3) is 6.08 Å². The lowest BCUT2D eigenvalue weighted by molar-refractivity contribution is -0.757. The van der Waals surface area contributed by atoms with Gasteiger partial charge in [-0.2, -0.15) is 11.3 Å². The van der Waals surface area contributed by atoms with Gasteiger partial charge in [0.05, 0.1) is 44.7 Å². The third-order valence-corrected chi connectivity index (χ3v) is 8.61. The van der Waals surface area contributed by atoms with Crippen molar-refractivity contribution in [2.24, 2.45) is 0 Å². The van der Waals surface area contributed by atoms with Crippen molar-refractivity contribution in [3.63, 3.8) is 0 Å². The van der Waals surface area contributed by atoms with Crippen molar-refractivity contribution in [1.29, 1.82) is 0 Å². The lowest BCUT2D eigenvalue weighted by Gasteiger charge is -2.13. The first kappa shape index (κ1) is 42.8. The van der Waals surface area contributed by atoms with Gasteiger partial charge in [0.1, 0.15) is 12.4 Å². The number of nitrogens with zero attached hydrogens (tertiary/aromatic N) is 4. The number of rotatable bonds is 27. The summed E-state index contributed by atoms with van der Waals surface area (Å²) in [6.45, 7) is 2.09. The van der Waals surface area contributed by atoms with E-state index in [9.17, 15) is 39.4 Å². The van der Waals surface area contributed by atoms with Gasteiger partial charge < -0.3 is 29.0 Å². The average Bonchev–Trinajstić information content (AvgIpc) is 3.81. The number of aromatic nitrogens is 2. The second kappa shape index (κ2) is 23.8. The van der Waals surface area contributed by atoms with Gasteiger partial charge in [0.15, 0.2) is 5.78 Å². The van der Waals surface area contributed by atoms with Crippen LogP contribution in [0.4, 0.5) is 0 Å². The minimum absolute atomic E-state index is 0.0449. The molecule has 0 atom stereocenters. The van der Waals surface area contributed by atoms with Crippen molar-refractivity contribution < 1.29 is 48.5 Å². The molecule has 3 rings (SSSR count). The van der Waals surface area contributed by atoms with Gasteiger partial charge >= 0.3 is 11.9 Å². The highest BCUT2D eigenvalue weighted by Crippen LogP contribution is 2.21. The van der Waals surface area contributed by atoms with Crippen molar-refractivity contribution in [2.75, 3.05) is 33.0 Å². The molecule has 0 radical (unpaired) electrons. The van der Waals surface area contributed by atoms with Gasteiger partial charge in [0.25, 0.3) is 16.1 Å². The number of esters is 2. The zero-order valence-corrected chi connectivity index (χ0v) is 30.9. The van der Waals surface area contributed by atoms with Crippen molar-refractivity contribution in [2.45, 2.75) is 77.7 Å². The predicted molar refractivity (Wildman–Crippen MR) is 195 cm³/mol. The predicted octanol–water partition coefficient (Wildman–Crippen LogP) is 5.10. The summed E-state index contributed by atoms with van der Waals surface area (Å²) in [6, 6.07) is 8.84. The van der Waals surface area contributed by atoms with Crippen LogP contribution in [0.2, 0.25) is 0 Å². The maximum Gasteiger partial charge on any atom is 0.325 e. The highest BCUT2D eigenvalue weighted by atomic mass is 32.1. The Labute approximate surface area is 315 Å².